The van der Waals surface area contributed by atoms with Gasteiger partial charge in [0.05, 0.1) is 11.6 Å². The molecule has 0 spiro atoms. The number of alkyl carbamates (subject to hydrolysis) is 1. The molecule has 0 atom stereocenters. The largest absolute Gasteiger partial charge is 0.444 e. The van der Waals surface area contributed by atoms with E-state index in [0.29, 0.717) is 12.1 Å². The molecule has 1 aromatic carbocycles. The quantitative estimate of drug-likeness (QED) is 0.917. The van der Waals surface area contributed by atoms with E-state index in [-0.39, 0.29) is 0 Å². The summed E-state index contributed by atoms with van der Waals surface area (Å²) < 4.78 is 5.12. The number of ether oxygens (including phenoxy) is 1. The topological polar surface area (TPSA) is 62.1 Å². The average Bonchev–Trinajstić information content (AvgIpc) is 2.33. The number of amides is 1. The maximum Gasteiger partial charge on any atom is 0.407 e. The Kier molecular flexibility index (Phi) is 5.33. The summed E-state index contributed by atoms with van der Waals surface area (Å²) in [6, 6.07) is 7.59. The lowest BCUT2D eigenvalue weighted by molar-refractivity contribution is 0.0534. The van der Waals surface area contributed by atoms with Gasteiger partial charge in [-0.15, -0.1) is 0 Å². The van der Waals surface area contributed by atoms with Gasteiger partial charge < -0.3 is 10.1 Å². The number of carbonyl (C=O) groups is 1. The van der Waals surface area contributed by atoms with Gasteiger partial charge in [0.1, 0.15) is 5.60 Å². The van der Waals surface area contributed by atoms with Gasteiger partial charge in [0.25, 0.3) is 0 Å². The summed E-state index contributed by atoms with van der Waals surface area (Å²) in [7, 11) is 0. The third-order valence-corrected chi connectivity index (χ3v) is 2.46. The van der Waals surface area contributed by atoms with Gasteiger partial charge in [-0.05, 0) is 51.0 Å². The van der Waals surface area contributed by atoms with Gasteiger partial charge in [-0.1, -0.05) is 18.2 Å². The Morgan fingerprint density at radius 3 is 2.70 bits per heavy atom. The van der Waals surface area contributed by atoms with Crippen LogP contribution in [-0.2, 0) is 4.74 Å². The van der Waals surface area contributed by atoms with Crippen LogP contribution in [0.2, 0.25) is 0 Å². The number of rotatable bonds is 3. The van der Waals surface area contributed by atoms with Crippen molar-refractivity contribution in [2.24, 2.45) is 0 Å². The van der Waals surface area contributed by atoms with Crippen LogP contribution in [-0.4, -0.2) is 18.2 Å². The zero-order valence-corrected chi connectivity index (χ0v) is 12.4. The molecule has 0 unspecified atom stereocenters. The first kappa shape index (κ1) is 15.8. The van der Waals surface area contributed by atoms with Crippen molar-refractivity contribution in [3.05, 3.63) is 41.0 Å². The van der Waals surface area contributed by atoms with E-state index in [1.54, 1.807) is 6.07 Å². The van der Waals surface area contributed by atoms with Crippen molar-refractivity contribution in [2.75, 3.05) is 6.54 Å². The van der Waals surface area contributed by atoms with Crippen LogP contribution in [0.1, 0.15) is 37.5 Å². The molecule has 1 amide bonds. The number of nitrogens with zero attached hydrogens (tertiary/aromatic N) is 1. The maximum absolute atomic E-state index is 11.4. The highest BCUT2D eigenvalue weighted by atomic mass is 16.6. The minimum Gasteiger partial charge on any atom is -0.444 e. The Hall–Kier alpha value is -2.28. The van der Waals surface area contributed by atoms with E-state index in [9.17, 15) is 4.79 Å². The highest BCUT2D eigenvalue weighted by Gasteiger charge is 2.14. The van der Waals surface area contributed by atoms with Crippen LogP contribution in [0.25, 0.3) is 6.08 Å². The SMILES string of the molecule is Cc1cc(C#N)ccc1C=CCNC(=O)OC(C)(C)C. The molecule has 20 heavy (non-hydrogen) atoms. The summed E-state index contributed by atoms with van der Waals surface area (Å²) >= 11 is 0. The van der Waals surface area contributed by atoms with Crippen LogP contribution < -0.4 is 5.32 Å². The fraction of sp³-hybridized carbons (Fsp3) is 0.375. The molecular weight excluding hydrogens is 252 g/mol. The number of nitrogens with one attached hydrogen (secondary N) is 1. The zero-order valence-electron chi connectivity index (χ0n) is 12.4. The minimum absolute atomic E-state index is 0.397. The third kappa shape index (κ3) is 5.57. The van der Waals surface area contributed by atoms with E-state index in [1.165, 1.54) is 0 Å². The number of nitriles is 1. The molecule has 0 aliphatic heterocycles. The van der Waals surface area contributed by atoms with Gasteiger partial charge in [0, 0.05) is 6.54 Å². The predicted octanol–water partition coefficient (Wildman–Crippen LogP) is 3.40. The molecule has 0 fully saturated rings. The summed E-state index contributed by atoms with van der Waals surface area (Å²) in [5, 5.41) is 11.4. The Bertz CT molecular complexity index is 549. The van der Waals surface area contributed by atoms with Gasteiger partial charge >= 0.3 is 6.09 Å². The number of benzene rings is 1. The second-order valence-electron chi connectivity index (χ2n) is 5.47. The van der Waals surface area contributed by atoms with Gasteiger partial charge in [-0.2, -0.15) is 5.26 Å². The Balaban J connectivity index is 2.50. The van der Waals surface area contributed by atoms with Crippen LogP contribution in [0.5, 0.6) is 0 Å². The molecule has 0 heterocycles. The van der Waals surface area contributed by atoms with Crippen molar-refractivity contribution in [3.63, 3.8) is 0 Å². The molecule has 0 aromatic heterocycles. The summed E-state index contributed by atoms with van der Waals surface area (Å²) in [5.41, 5.74) is 2.21. The van der Waals surface area contributed by atoms with Gasteiger partial charge in [-0.3, -0.25) is 0 Å². The van der Waals surface area contributed by atoms with E-state index in [4.69, 9.17) is 10.00 Å². The zero-order chi connectivity index (χ0) is 15.2. The van der Waals surface area contributed by atoms with Crippen molar-refractivity contribution >= 4 is 12.2 Å². The lowest BCUT2D eigenvalue weighted by atomic mass is 10.1. The predicted molar refractivity (Wildman–Crippen MR) is 79.2 cm³/mol. The third-order valence-electron chi connectivity index (χ3n) is 2.46. The van der Waals surface area contributed by atoms with Crippen LogP contribution in [0.4, 0.5) is 4.79 Å². The number of hydrogen-bond acceptors (Lipinski definition) is 3. The van der Waals surface area contributed by atoms with Crippen molar-refractivity contribution in [2.45, 2.75) is 33.3 Å². The molecule has 0 radical (unpaired) electrons. The first-order valence-electron chi connectivity index (χ1n) is 6.46. The molecule has 1 N–H and O–H groups in total. The van der Waals surface area contributed by atoms with Gasteiger partial charge in [-0.25, -0.2) is 4.79 Å². The van der Waals surface area contributed by atoms with Crippen LogP contribution in [0.3, 0.4) is 0 Å². The summed E-state index contributed by atoms with van der Waals surface area (Å²) in [4.78, 5) is 11.4. The Labute approximate surface area is 120 Å². The lowest BCUT2D eigenvalue weighted by Crippen LogP contribution is -2.32. The first-order chi connectivity index (χ1) is 9.31. The van der Waals surface area contributed by atoms with Crippen molar-refractivity contribution in [1.29, 1.82) is 5.26 Å². The first-order valence-corrected chi connectivity index (χ1v) is 6.46. The fourth-order valence-electron chi connectivity index (χ4n) is 1.57. The van der Waals surface area contributed by atoms with E-state index in [0.717, 1.165) is 11.1 Å². The number of hydrogen-bond donors (Lipinski definition) is 1. The Morgan fingerprint density at radius 1 is 1.45 bits per heavy atom. The second kappa shape index (κ2) is 6.76. The minimum atomic E-state index is -0.489. The molecule has 0 saturated carbocycles. The van der Waals surface area contributed by atoms with Crippen LogP contribution in [0, 0.1) is 18.3 Å². The molecule has 106 valence electrons. The number of aryl methyl sites for hydroxylation is 1. The maximum atomic E-state index is 11.4. The van der Waals surface area contributed by atoms with Gasteiger partial charge in [0.2, 0.25) is 0 Å². The van der Waals surface area contributed by atoms with Crippen molar-refractivity contribution < 1.29 is 9.53 Å². The summed E-state index contributed by atoms with van der Waals surface area (Å²) in [6.07, 6.45) is 3.32. The normalized spacial score (nSPS) is 11.2. The van der Waals surface area contributed by atoms with Crippen LogP contribution in [0.15, 0.2) is 24.3 Å². The monoisotopic (exact) mass is 272 g/mol. The van der Waals surface area contributed by atoms with E-state index in [2.05, 4.69) is 11.4 Å². The second-order valence-corrected chi connectivity index (χ2v) is 5.47. The summed E-state index contributed by atoms with van der Waals surface area (Å²) in [5.74, 6) is 0. The smallest absolute Gasteiger partial charge is 0.407 e. The molecule has 4 heteroatoms. The molecular formula is C16H20N2O2. The van der Waals surface area contributed by atoms with Crippen LogP contribution >= 0.6 is 0 Å². The van der Waals surface area contributed by atoms with Gasteiger partial charge in [0.15, 0.2) is 0 Å². The van der Waals surface area contributed by atoms with E-state index >= 15 is 0 Å². The van der Waals surface area contributed by atoms with Crippen molar-refractivity contribution in [1.82, 2.24) is 5.32 Å². The molecule has 0 aliphatic rings. The highest BCUT2D eigenvalue weighted by Crippen LogP contribution is 2.12. The van der Waals surface area contributed by atoms with E-state index in [1.807, 2.05) is 52.0 Å². The average molecular weight is 272 g/mol. The van der Waals surface area contributed by atoms with E-state index < -0.39 is 11.7 Å². The molecule has 0 saturated heterocycles. The standard InChI is InChI=1S/C16H20N2O2/c1-12-10-13(11-17)7-8-14(12)6-5-9-18-15(19)20-16(2,3)4/h5-8,10H,9H2,1-4H3,(H,18,19). The summed E-state index contributed by atoms with van der Waals surface area (Å²) in [6.45, 7) is 7.81. The molecule has 4 nitrogen and oxygen atoms in total. The highest BCUT2D eigenvalue weighted by molar-refractivity contribution is 5.68. The lowest BCUT2D eigenvalue weighted by Gasteiger charge is -2.19. The molecule has 0 bridgehead atoms. The Morgan fingerprint density at radius 2 is 2.15 bits per heavy atom. The molecule has 1 aromatic rings. The number of carbonyl (C=O) groups excluding carboxylic acids is 1. The fourth-order valence-corrected chi connectivity index (χ4v) is 1.57. The van der Waals surface area contributed by atoms with Crippen molar-refractivity contribution in [3.8, 4) is 6.07 Å². The molecule has 0 aliphatic carbocycles. The molecule has 1 rings (SSSR count).